The van der Waals surface area contributed by atoms with E-state index in [9.17, 15) is 10.1 Å². The lowest BCUT2D eigenvalue weighted by Gasteiger charge is -2.18. The van der Waals surface area contributed by atoms with E-state index in [4.69, 9.17) is 15.6 Å². The molecular weight excluding hydrogens is 238 g/mol. The van der Waals surface area contributed by atoms with Gasteiger partial charge in [-0.2, -0.15) is 0 Å². The first-order chi connectivity index (χ1) is 8.58. The third-order valence-corrected chi connectivity index (χ3v) is 2.44. The van der Waals surface area contributed by atoms with Crippen molar-refractivity contribution in [2.45, 2.75) is 12.5 Å². The summed E-state index contributed by atoms with van der Waals surface area (Å²) in [7, 11) is 1.57. The number of anilines is 2. The van der Waals surface area contributed by atoms with Crippen LogP contribution in [0.1, 0.15) is 6.42 Å². The van der Waals surface area contributed by atoms with E-state index in [1.807, 2.05) is 0 Å². The van der Waals surface area contributed by atoms with Crippen LogP contribution in [-0.2, 0) is 4.74 Å². The molecule has 0 radical (unpaired) electrons. The van der Waals surface area contributed by atoms with Crippen molar-refractivity contribution in [3.63, 3.8) is 0 Å². The Morgan fingerprint density at radius 2 is 2.33 bits per heavy atom. The summed E-state index contributed by atoms with van der Waals surface area (Å²) in [5.74, 6) is 0. The number of hydrogen-bond donors (Lipinski definition) is 3. The maximum atomic E-state index is 10.6. The van der Waals surface area contributed by atoms with Gasteiger partial charge in [-0.3, -0.25) is 10.1 Å². The van der Waals surface area contributed by atoms with Gasteiger partial charge in [0.25, 0.3) is 5.69 Å². The first kappa shape index (κ1) is 14.2. The Balaban J connectivity index is 2.77. The van der Waals surface area contributed by atoms with E-state index >= 15 is 0 Å². The standard InChI is InChI=1S/C11H17N3O4/c1-18-7-9(4-5-15)13-8-2-3-11(14(16)17)10(12)6-8/h2-3,6,9,13,15H,4-5,7,12H2,1H3. The molecule has 7 heteroatoms. The quantitative estimate of drug-likeness (QED) is 0.380. The van der Waals surface area contributed by atoms with Crippen LogP contribution in [0.5, 0.6) is 0 Å². The fourth-order valence-corrected chi connectivity index (χ4v) is 1.60. The van der Waals surface area contributed by atoms with Gasteiger partial charge in [-0.05, 0) is 18.6 Å². The fraction of sp³-hybridized carbons (Fsp3) is 0.455. The van der Waals surface area contributed by atoms with Gasteiger partial charge < -0.3 is 20.9 Å². The minimum Gasteiger partial charge on any atom is -0.396 e. The number of nitro groups is 1. The Bertz CT molecular complexity index is 405. The maximum absolute atomic E-state index is 10.6. The highest BCUT2D eigenvalue weighted by molar-refractivity contribution is 5.66. The lowest BCUT2D eigenvalue weighted by atomic mass is 10.2. The van der Waals surface area contributed by atoms with Gasteiger partial charge in [0.1, 0.15) is 5.69 Å². The highest BCUT2D eigenvalue weighted by Gasteiger charge is 2.13. The Hall–Kier alpha value is -1.86. The molecule has 100 valence electrons. The van der Waals surface area contributed by atoms with Crippen molar-refractivity contribution in [1.29, 1.82) is 0 Å². The van der Waals surface area contributed by atoms with Gasteiger partial charge in [0.2, 0.25) is 0 Å². The molecule has 0 saturated carbocycles. The van der Waals surface area contributed by atoms with Crippen LogP contribution in [0.15, 0.2) is 18.2 Å². The number of nitrogen functional groups attached to an aromatic ring is 1. The maximum Gasteiger partial charge on any atom is 0.292 e. The fourth-order valence-electron chi connectivity index (χ4n) is 1.60. The molecule has 0 fully saturated rings. The molecule has 1 aromatic rings. The smallest absolute Gasteiger partial charge is 0.292 e. The lowest BCUT2D eigenvalue weighted by molar-refractivity contribution is -0.383. The highest BCUT2D eigenvalue weighted by atomic mass is 16.6. The van der Waals surface area contributed by atoms with Gasteiger partial charge in [-0.1, -0.05) is 0 Å². The molecule has 0 heterocycles. The number of aliphatic hydroxyl groups excluding tert-OH is 1. The molecule has 0 aliphatic rings. The largest absolute Gasteiger partial charge is 0.396 e. The SMILES string of the molecule is COCC(CCO)Nc1ccc([N+](=O)[O-])c(N)c1. The summed E-state index contributed by atoms with van der Waals surface area (Å²) in [6.45, 7) is 0.459. The number of hydrogen-bond acceptors (Lipinski definition) is 6. The molecule has 0 bridgehead atoms. The summed E-state index contributed by atoms with van der Waals surface area (Å²) in [4.78, 5) is 10.1. The first-order valence-corrected chi connectivity index (χ1v) is 5.48. The van der Waals surface area contributed by atoms with Crippen LogP contribution in [-0.4, -0.2) is 36.4 Å². The van der Waals surface area contributed by atoms with Crippen LogP contribution in [0.4, 0.5) is 17.1 Å². The van der Waals surface area contributed by atoms with Gasteiger partial charge in [-0.25, -0.2) is 0 Å². The molecule has 7 nitrogen and oxygen atoms in total. The Morgan fingerprint density at radius 3 is 2.83 bits per heavy atom. The second kappa shape index (κ2) is 6.77. The van der Waals surface area contributed by atoms with E-state index in [2.05, 4.69) is 5.32 Å². The van der Waals surface area contributed by atoms with Crippen LogP contribution in [0, 0.1) is 10.1 Å². The minimum atomic E-state index is -0.528. The number of nitrogens with one attached hydrogen (secondary N) is 1. The summed E-state index contributed by atoms with van der Waals surface area (Å²) in [6, 6.07) is 4.36. The number of nitrogens with zero attached hydrogens (tertiary/aromatic N) is 1. The van der Waals surface area contributed by atoms with Crippen LogP contribution in [0.25, 0.3) is 0 Å². The van der Waals surface area contributed by atoms with Gasteiger partial charge in [0.15, 0.2) is 0 Å². The van der Waals surface area contributed by atoms with Crippen molar-refractivity contribution < 1.29 is 14.8 Å². The zero-order chi connectivity index (χ0) is 13.5. The molecule has 0 amide bonds. The number of nitro benzene ring substituents is 1. The molecular formula is C11H17N3O4. The summed E-state index contributed by atoms with van der Waals surface area (Å²) in [5, 5.41) is 22.6. The number of aliphatic hydroxyl groups is 1. The lowest BCUT2D eigenvalue weighted by Crippen LogP contribution is -2.26. The summed E-state index contributed by atoms with van der Waals surface area (Å²) in [5.41, 5.74) is 6.23. The Morgan fingerprint density at radius 1 is 1.61 bits per heavy atom. The first-order valence-electron chi connectivity index (χ1n) is 5.48. The van der Waals surface area contributed by atoms with Crippen LogP contribution in [0.2, 0.25) is 0 Å². The molecule has 0 aliphatic carbocycles. The van der Waals surface area contributed by atoms with Crippen molar-refractivity contribution in [1.82, 2.24) is 0 Å². The molecule has 4 N–H and O–H groups in total. The van der Waals surface area contributed by atoms with E-state index in [-0.39, 0.29) is 24.0 Å². The molecule has 0 aliphatic heterocycles. The van der Waals surface area contributed by atoms with Crippen LogP contribution < -0.4 is 11.1 Å². The minimum absolute atomic E-state index is 0.0312. The second-order valence-electron chi connectivity index (χ2n) is 3.84. The number of nitrogens with two attached hydrogens (primary N) is 1. The molecule has 0 spiro atoms. The summed E-state index contributed by atoms with van der Waals surface area (Å²) >= 11 is 0. The van der Waals surface area contributed by atoms with E-state index in [1.54, 1.807) is 13.2 Å². The monoisotopic (exact) mass is 255 g/mol. The highest BCUT2D eigenvalue weighted by Crippen LogP contribution is 2.25. The topological polar surface area (TPSA) is 111 Å². The Labute approximate surface area is 105 Å². The average molecular weight is 255 g/mol. The van der Waals surface area contributed by atoms with Gasteiger partial charge in [-0.15, -0.1) is 0 Å². The van der Waals surface area contributed by atoms with Gasteiger partial charge in [0.05, 0.1) is 17.6 Å². The molecule has 1 rings (SSSR count). The Kier molecular flexibility index (Phi) is 5.34. The zero-order valence-corrected chi connectivity index (χ0v) is 10.1. The zero-order valence-electron chi connectivity index (χ0n) is 10.1. The number of ether oxygens (including phenoxy) is 1. The van der Waals surface area contributed by atoms with Crippen molar-refractivity contribution in [2.24, 2.45) is 0 Å². The predicted octanol–water partition coefficient (Wildman–Crippen LogP) is 0.986. The third-order valence-electron chi connectivity index (χ3n) is 2.44. The van der Waals surface area contributed by atoms with Crippen molar-refractivity contribution in [3.8, 4) is 0 Å². The van der Waals surface area contributed by atoms with Crippen molar-refractivity contribution in [3.05, 3.63) is 28.3 Å². The summed E-state index contributed by atoms with van der Waals surface area (Å²) < 4.78 is 5.01. The number of rotatable bonds is 7. The predicted molar refractivity (Wildman–Crippen MR) is 68.5 cm³/mol. The van der Waals surface area contributed by atoms with Crippen molar-refractivity contribution >= 4 is 17.1 Å². The van der Waals surface area contributed by atoms with Gasteiger partial charge >= 0.3 is 0 Å². The molecule has 1 unspecified atom stereocenters. The molecule has 0 aromatic heterocycles. The van der Waals surface area contributed by atoms with Crippen LogP contribution in [0.3, 0.4) is 0 Å². The second-order valence-corrected chi connectivity index (χ2v) is 3.84. The number of benzene rings is 1. The van der Waals surface area contributed by atoms with E-state index in [1.165, 1.54) is 12.1 Å². The van der Waals surface area contributed by atoms with E-state index in [0.717, 1.165) is 0 Å². The van der Waals surface area contributed by atoms with E-state index < -0.39 is 4.92 Å². The van der Waals surface area contributed by atoms with Crippen molar-refractivity contribution in [2.75, 3.05) is 31.4 Å². The third kappa shape index (κ3) is 3.86. The molecule has 1 atom stereocenters. The van der Waals surface area contributed by atoms with Gasteiger partial charge in [0, 0.05) is 25.5 Å². The molecule has 18 heavy (non-hydrogen) atoms. The van der Waals surface area contributed by atoms with E-state index in [0.29, 0.717) is 18.7 Å². The van der Waals surface area contributed by atoms with Crippen LogP contribution >= 0.6 is 0 Å². The number of methoxy groups -OCH3 is 1. The average Bonchev–Trinajstić information content (AvgIpc) is 2.29. The normalized spacial score (nSPS) is 12.1. The summed E-state index contributed by atoms with van der Waals surface area (Å²) in [6.07, 6.45) is 0.519. The molecule has 0 saturated heterocycles. The molecule has 1 aromatic carbocycles.